The molecule has 200 valence electrons. The lowest BCUT2D eigenvalue weighted by Gasteiger charge is -2.36. The minimum absolute atomic E-state index is 0.220. The summed E-state index contributed by atoms with van der Waals surface area (Å²) in [5.74, 6) is 1.78. The number of hydrogen-bond acceptors (Lipinski definition) is 7. The molecule has 5 rings (SSSR count). The fourth-order valence-electron chi connectivity index (χ4n) is 5.69. The molecule has 11 heteroatoms. The van der Waals surface area contributed by atoms with E-state index in [1.54, 1.807) is 10.6 Å². The van der Waals surface area contributed by atoms with Crippen molar-refractivity contribution in [3.63, 3.8) is 0 Å². The molecule has 0 radical (unpaired) electrons. The molecule has 2 aliphatic rings. The van der Waals surface area contributed by atoms with Crippen molar-refractivity contribution in [2.24, 2.45) is 17.8 Å². The van der Waals surface area contributed by atoms with Gasteiger partial charge in [0.05, 0.1) is 18.3 Å². The Morgan fingerprint density at radius 3 is 2.62 bits per heavy atom. The molecule has 1 N–H and O–H groups in total. The third-order valence-corrected chi connectivity index (χ3v) is 7.57. The number of nitrogens with zero attached hydrogens (tertiary/aromatic N) is 5. The Bertz CT molecular complexity index is 1250. The Kier molecular flexibility index (Phi) is 6.91. The van der Waals surface area contributed by atoms with Crippen molar-refractivity contribution in [3.05, 3.63) is 30.0 Å². The van der Waals surface area contributed by atoms with Crippen LogP contribution in [0.3, 0.4) is 0 Å². The molecule has 1 saturated carbocycles. The van der Waals surface area contributed by atoms with E-state index in [0.29, 0.717) is 60.1 Å². The first kappa shape index (κ1) is 25.6. The predicted molar refractivity (Wildman–Crippen MR) is 132 cm³/mol. The number of likely N-dealkylation sites (N-methyl/N-ethyl adjacent to an activating group) is 1. The summed E-state index contributed by atoms with van der Waals surface area (Å²) in [5.41, 5.74) is 2.55. The maximum absolute atomic E-state index is 12.8. The van der Waals surface area contributed by atoms with Crippen LogP contribution in [-0.4, -0.2) is 57.6 Å². The fraction of sp³-hybridized carbons (Fsp3) is 0.577. The van der Waals surface area contributed by atoms with Gasteiger partial charge < -0.3 is 19.5 Å². The topological polar surface area (TPSA) is 85.0 Å². The van der Waals surface area contributed by atoms with Gasteiger partial charge in [-0.2, -0.15) is 9.61 Å². The van der Waals surface area contributed by atoms with Gasteiger partial charge in [-0.05, 0) is 62.0 Å². The van der Waals surface area contributed by atoms with E-state index < -0.39 is 6.36 Å². The quantitative estimate of drug-likeness (QED) is 0.497. The number of aromatic nitrogens is 4. The molecule has 2 aromatic heterocycles. The number of anilines is 1. The van der Waals surface area contributed by atoms with Crippen LogP contribution in [0.25, 0.3) is 17.0 Å². The molecule has 37 heavy (non-hydrogen) atoms. The van der Waals surface area contributed by atoms with Crippen LogP contribution >= 0.6 is 0 Å². The number of aliphatic hydroxyl groups is 1. The number of benzene rings is 1. The summed E-state index contributed by atoms with van der Waals surface area (Å²) >= 11 is 0. The molecule has 1 aliphatic heterocycles. The largest absolute Gasteiger partial charge is 0.573 e. The standard InChI is InChI=1S/C26H32F3N5O3/c1-15(2)20(16-7-9-18(35)10-8-16)14-21-22-23(36-12-11-33(22)3)25-31-30-24(34(25)32-21)17-5-4-6-19(13-17)37-26(27,28)29/h4-6,13,15-16,18,20,35H,7-12,14H2,1-3H3. The molecule has 1 atom stereocenters. The molecule has 8 nitrogen and oxygen atoms in total. The SMILES string of the molecule is CC(C)C(Cc1nn2c(-c3cccc(OC(F)(F)F)c3)nnc2c2c1N(C)CCO2)C1CCC(O)CC1. The molecule has 0 spiro atoms. The van der Waals surface area contributed by atoms with Crippen molar-refractivity contribution in [1.29, 1.82) is 0 Å². The summed E-state index contributed by atoms with van der Waals surface area (Å²) in [6, 6.07) is 5.65. The minimum atomic E-state index is -4.80. The van der Waals surface area contributed by atoms with Gasteiger partial charge in [0.15, 0.2) is 11.6 Å². The highest BCUT2D eigenvalue weighted by Gasteiger charge is 2.34. The van der Waals surface area contributed by atoms with Gasteiger partial charge in [0.1, 0.15) is 18.0 Å². The summed E-state index contributed by atoms with van der Waals surface area (Å²) in [6.07, 6.45) is -0.729. The number of aliphatic hydroxyl groups excluding tert-OH is 1. The molecule has 0 amide bonds. The lowest BCUT2D eigenvalue weighted by atomic mass is 9.72. The van der Waals surface area contributed by atoms with Gasteiger partial charge in [0.25, 0.3) is 0 Å². The van der Waals surface area contributed by atoms with Gasteiger partial charge in [-0.15, -0.1) is 23.4 Å². The molecule has 0 saturated heterocycles. The van der Waals surface area contributed by atoms with Crippen molar-refractivity contribution in [2.75, 3.05) is 25.1 Å². The Balaban J connectivity index is 1.58. The third kappa shape index (κ3) is 5.32. The van der Waals surface area contributed by atoms with E-state index in [1.165, 1.54) is 18.2 Å². The van der Waals surface area contributed by atoms with Crippen LogP contribution in [0.4, 0.5) is 18.9 Å². The molecular weight excluding hydrogens is 487 g/mol. The van der Waals surface area contributed by atoms with Gasteiger partial charge in [0, 0.05) is 12.6 Å². The molecule has 0 bridgehead atoms. The van der Waals surface area contributed by atoms with Crippen LogP contribution in [0.5, 0.6) is 11.5 Å². The van der Waals surface area contributed by atoms with E-state index in [4.69, 9.17) is 9.84 Å². The van der Waals surface area contributed by atoms with E-state index >= 15 is 0 Å². The zero-order chi connectivity index (χ0) is 26.3. The minimum Gasteiger partial charge on any atom is -0.486 e. The summed E-state index contributed by atoms with van der Waals surface area (Å²) in [6.45, 7) is 5.62. The highest BCUT2D eigenvalue weighted by atomic mass is 19.4. The normalized spacial score (nSPS) is 21.1. The second-order valence-corrected chi connectivity index (χ2v) is 10.4. The molecule has 1 aromatic carbocycles. The van der Waals surface area contributed by atoms with Crippen LogP contribution in [-0.2, 0) is 6.42 Å². The van der Waals surface area contributed by atoms with Gasteiger partial charge in [-0.25, -0.2) is 0 Å². The van der Waals surface area contributed by atoms with Gasteiger partial charge in [0.2, 0.25) is 5.65 Å². The van der Waals surface area contributed by atoms with E-state index in [1.807, 2.05) is 7.05 Å². The van der Waals surface area contributed by atoms with Crippen molar-refractivity contribution < 1.29 is 27.8 Å². The van der Waals surface area contributed by atoms with Crippen molar-refractivity contribution in [3.8, 4) is 22.9 Å². The molecule has 3 aromatic rings. The van der Waals surface area contributed by atoms with E-state index in [9.17, 15) is 18.3 Å². The monoisotopic (exact) mass is 519 g/mol. The molecule has 1 unspecified atom stereocenters. The first-order chi connectivity index (χ1) is 17.6. The predicted octanol–water partition coefficient (Wildman–Crippen LogP) is 4.88. The van der Waals surface area contributed by atoms with Crippen LogP contribution in [0, 0.1) is 17.8 Å². The first-order valence-corrected chi connectivity index (χ1v) is 12.8. The number of halogens is 3. The van der Waals surface area contributed by atoms with E-state index in [0.717, 1.165) is 37.1 Å². The van der Waals surface area contributed by atoms with Crippen LogP contribution in [0.15, 0.2) is 24.3 Å². The fourth-order valence-corrected chi connectivity index (χ4v) is 5.69. The molecule has 1 aliphatic carbocycles. The Morgan fingerprint density at radius 2 is 1.92 bits per heavy atom. The number of hydrogen-bond donors (Lipinski definition) is 1. The number of ether oxygens (including phenoxy) is 2. The van der Waals surface area contributed by atoms with Crippen molar-refractivity contribution in [2.45, 2.75) is 58.4 Å². The van der Waals surface area contributed by atoms with Crippen LogP contribution in [0.2, 0.25) is 0 Å². The summed E-state index contributed by atoms with van der Waals surface area (Å²) < 4.78 is 50.2. The van der Waals surface area contributed by atoms with Crippen molar-refractivity contribution in [1.82, 2.24) is 19.8 Å². The number of fused-ring (bicyclic) bond motifs is 3. The van der Waals surface area contributed by atoms with Gasteiger partial charge in [-0.3, -0.25) is 0 Å². The molecule has 1 fully saturated rings. The lowest BCUT2D eigenvalue weighted by Crippen LogP contribution is -2.33. The Labute approximate surface area is 213 Å². The number of rotatable bonds is 6. The maximum Gasteiger partial charge on any atom is 0.573 e. The van der Waals surface area contributed by atoms with Crippen molar-refractivity contribution >= 4 is 11.3 Å². The lowest BCUT2D eigenvalue weighted by molar-refractivity contribution is -0.274. The number of alkyl halides is 3. The first-order valence-electron chi connectivity index (χ1n) is 12.8. The second-order valence-electron chi connectivity index (χ2n) is 10.4. The Hall–Kier alpha value is -3.08. The summed E-state index contributed by atoms with van der Waals surface area (Å²) in [4.78, 5) is 2.12. The van der Waals surface area contributed by atoms with Crippen LogP contribution < -0.4 is 14.4 Å². The molecule has 3 heterocycles. The molecular formula is C26H32F3N5O3. The maximum atomic E-state index is 12.8. The zero-order valence-corrected chi connectivity index (χ0v) is 21.2. The van der Waals surface area contributed by atoms with Crippen LogP contribution in [0.1, 0.15) is 45.2 Å². The summed E-state index contributed by atoms with van der Waals surface area (Å²) in [5, 5.41) is 23.6. The summed E-state index contributed by atoms with van der Waals surface area (Å²) in [7, 11) is 2.00. The van der Waals surface area contributed by atoms with Gasteiger partial charge in [-0.1, -0.05) is 26.0 Å². The Morgan fingerprint density at radius 1 is 1.16 bits per heavy atom. The van der Waals surface area contributed by atoms with E-state index in [2.05, 4.69) is 33.7 Å². The smallest absolute Gasteiger partial charge is 0.486 e. The highest BCUT2D eigenvalue weighted by molar-refractivity contribution is 5.75. The van der Waals surface area contributed by atoms with E-state index in [-0.39, 0.29) is 11.9 Å². The zero-order valence-electron chi connectivity index (χ0n) is 21.2. The average Bonchev–Trinajstić information content (AvgIpc) is 3.26. The highest BCUT2D eigenvalue weighted by Crippen LogP contribution is 2.42. The third-order valence-electron chi connectivity index (χ3n) is 7.57. The van der Waals surface area contributed by atoms with Gasteiger partial charge >= 0.3 is 6.36 Å². The second kappa shape index (κ2) is 10.00. The average molecular weight is 520 g/mol.